The lowest BCUT2D eigenvalue weighted by Gasteiger charge is -2.18. The minimum absolute atomic E-state index is 0.342. The summed E-state index contributed by atoms with van der Waals surface area (Å²) in [5.74, 6) is 0. The fraction of sp³-hybridized carbons (Fsp3) is 0.625. The first-order valence-corrected chi connectivity index (χ1v) is 7.11. The lowest BCUT2D eigenvalue weighted by Crippen LogP contribution is -2.29. The van der Waals surface area contributed by atoms with Crippen molar-refractivity contribution in [2.75, 3.05) is 13.2 Å². The van der Waals surface area contributed by atoms with Gasteiger partial charge in [0.15, 0.2) is 0 Å². The van der Waals surface area contributed by atoms with Gasteiger partial charge in [0.25, 0.3) is 0 Å². The summed E-state index contributed by atoms with van der Waals surface area (Å²) in [6.07, 6.45) is 3.63. The standard InChI is InChI=1S/C16H27NO/c1-4-17-14(2)13-15(3)18-12-8-11-16-9-6-5-7-10-16/h5-7,9-10,14-15,17H,4,8,11-13H2,1-3H3. The SMILES string of the molecule is CCNC(C)CC(C)OCCCc1ccccc1. The van der Waals surface area contributed by atoms with Crippen LogP contribution in [0.2, 0.25) is 0 Å². The van der Waals surface area contributed by atoms with Crippen molar-refractivity contribution in [2.45, 2.75) is 52.2 Å². The lowest BCUT2D eigenvalue weighted by molar-refractivity contribution is 0.0530. The molecule has 0 aliphatic heterocycles. The van der Waals surface area contributed by atoms with E-state index in [2.05, 4.69) is 56.4 Å². The molecule has 2 atom stereocenters. The minimum atomic E-state index is 0.342. The topological polar surface area (TPSA) is 21.3 Å². The molecule has 1 rings (SSSR count). The summed E-state index contributed by atoms with van der Waals surface area (Å²) in [6.45, 7) is 8.41. The molecular weight excluding hydrogens is 222 g/mol. The highest BCUT2D eigenvalue weighted by atomic mass is 16.5. The smallest absolute Gasteiger partial charge is 0.0561 e. The zero-order valence-corrected chi connectivity index (χ0v) is 12.0. The second-order valence-electron chi connectivity index (χ2n) is 4.96. The molecule has 0 radical (unpaired) electrons. The number of nitrogens with one attached hydrogen (secondary N) is 1. The summed E-state index contributed by atoms with van der Waals surface area (Å²) in [5.41, 5.74) is 1.40. The molecule has 2 unspecified atom stereocenters. The van der Waals surface area contributed by atoms with E-state index in [0.29, 0.717) is 12.1 Å². The zero-order valence-electron chi connectivity index (χ0n) is 12.0. The van der Waals surface area contributed by atoms with Crippen LogP contribution in [0, 0.1) is 0 Å². The van der Waals surface area contributed by atoms with Gasteiger partial charge in [-0.2, -0.15) is 0 Å². The summed E-state index contributed by atoms with van der Waals surface area (Å²) < 4.78 is 5.84. The molecule has 0 fully saturated rings. The van der Waals surface area contributed by atoms with Gasteiger partial charge in [-0.3, -0.25) is 0 Å². The average Bonchev–Trinajstić information content (AvgIpc) is 2.36. The highest BCUT2D eigenvalue weighted by Crippen LogP contribution is 2.06. The zero-order chi connectivity index (χ0) is 13.2. The Kier molecular flexibility index (Phi) is 7.70. The quantitative estimate of drug-likeness (QED) is 0.677. The number of hydrogen-bond acceptors (Lipinski definition) is 2. The van der Waals surface area contributed by atoms with Gasteiger partial charge in [-0.25, -0.2) is 0 Å². The lowest BCUT2D eigenvalue weighted by atomic mass is 10.1. The molecule has 0 saturated carbocycles. The Morgan fingerprint density at radius 3 is 2.56 bits per heavy atom. The van der Waals surface area contributed by atoms with E-state index < -0.39 is 0 Å². The van der Waals surface area contributed by atoms with Crippen LogP contribution in [-0.2, 0) is 11.2 Å². The van der Waals surface area contributed by atoms with E-state index >= 15 is 0 Å². The second-order valence-corrected chi connectivity index (χ2v) is 4.96. The summed E-state index contributed by atoms with van der Waals surface area (Å²) in [7, 11) is 0. The first-order chi connectivity index (χ1) is 8.72. The molecule has 1 aromatic carbocycles. The summed E-state index contributed by atoms with van der Waals surface area (Å²) in [5, 5.41) is 3.41. The Morgan fingerprint density at radius 2 is 1.89 bits per heavy atom. The maximum atomic E-state index is 5.84. The molecule has 0 aliphatic rings. The number of rotatable bonds is 9. The molecule has 2 heteroatoms. The van der Waals surface area contributed by atoms with E-state index in [1.807, 2.05) is 0 Å². The van der Waals surface area contributed by atoms with Crippen molar-refractivity contribution in [1.82, 2.24) is 5.32 Å². The Balaban J connectivity index is 2.07. The molecule has 1 N–H and O–H groups in total. The third-order valence-electron chi connectivity index (χ3n) is 3.09. The van der Waals surface area contributed by atoms with E-state index in [1.54, 1.807) is 0 Å². The summed E-state index contributed by atoms with van der Waals surface area (Å²) >= 11 is 0. The van der Waals surface area contributed by atoms with Gasteiger partial charge in [0.2, 0.25) is 0 Å². The molecule has 2 nitrogen and oxygen atoms in total. The normalized spacial score (nSPS) is 14.4. The fourth-order valence-electron chi connectivity index (χ4n) is 2.20. The molecular formula is C16H27NO. The third kappa shape index (κ3) is 6.77. The van der Waals surface area contributed by atoms with Crippen LogP contribution >= 0.6 is 0 Å². The van der Waals surface area contributed by atoms with Gasteiger partial charge in [-0.1, -0.05) is 37.3 Å². The molecule has 0 aromatic heterocycles. The van der Waals surface area contributed by atoms with Crippen LogP contribution in [0.1, 0.15) is 39.2 Å². The molecule has 0 saturated heterocycles. The highest BCUT2D eigenvalue weighted by molar-refractivity contribution is 5.14. The minimum Gasteiger partial charge on any atom is -0.378 e. The van der Waals surface area contributed by atoms with Crippen molar-refractivity contribution < 1.29 is 4.74 Å². The van der Waals surface area contributed by atoms with Crippen molar-refractivity contribution >= 4 is 0 Å². The summed E-state index contributed by atoms with van der Waals surface area (Å²) in [4.78, 5) is 0. The monoisotopic (exact) mass is 249 g/mol. The second kappa shape index (κ2) is 9.12. The van der Waals surface area contributed by atoms with Crippen molar-refractivity contribution in [2.24, 2.45) is 0 Å². The Hall–Kier alpha value is -0.860. The van der Waals surface area contributed by atoms with Crippen LogP contribution in [0.4, 0.5) is 0 Å². The van der Waals surface area contributed by atoms with Crippen LogP contribution in [0.5, 0.6) is 0 Å². The van der Waals surface area contributed by atoms with Gasteiger partial charge in [0, 0.05) is 12.6 Å². The fourth-order valence-corrected chi connectivity index (χ4v) is 2.20. The molecule has 18 heavy (non-hydrogen) atoms. The van der Waals surface area contributed by atoms with Gasteiger partial charge in [0.1, 0.15) is 0 Å². The van der Waals surface area contributed by atoms with Crippen molar-refractivity contribution in [3.05, 3.63) is 35.9 Å². The first kappa shape index (κ1) is 15.2. The van der Waals surface area contributed by atoms with Crippen LogP contribution in [0.15, 0.2) is 30.3 Å². The third-order valence-corrected chi connectivity index (χ3v) is 3.09. The molecule has 0 heterocycles. The number of benzene rings is 1. The average molecular weight is 249 g/mol. The van der Waals surface area contributed by atoms with Crippen LogP contribution in [0.3, 0.4) is 0 Å². The molecule has 0 amide bonds. The van der Waals surface area contributed by atoms with E-state index in [4.69, 9.17) is 4.74 Å². The van der Waals surface area contributed by atoms with E-state index in [0.717, 1.165) is 32.4 Å². The Bertz CT molecular complexity index is 299. The molecule has 0 aliphatic carbocycles. The van der Waals surface area contributed by atoms with Crippen molar-refractivity contribution in [1.29, 1.82) is 0 Å². The predicted molar refractivity (Wildman–Crippen MR) is 77.9 cm³/mol. The van der Waals surface area contributed by atoms with Crippen molar-refractivity contribution in [3.63, 3.8) is 0 Å². The van der Waals surface area contributed by atoms with Crippen LogP contribution in [0.25, 0.3) is 0 Å². The van der Waals surface area contributed by atoms with E-state index in [1.165, 1.54) is 5.56 Å². The van der Waals surface area contributed by atoms with Gasteiger partial charge in [-0.05, 0) is 45.2 Å². The van der Waals surface area contributed by atoms with Crippen LogP contribution < -0.4 is 5.32 Å². The maximum Gasteiger partial charge on any atom is 0.0561 e. The number of ether oxygens (including phenoxy) is 1. The number of hydrogen-bond donors (Lipinski definition) is 1. The highest BCUT2D eigenvalue weighted by Gasteiger charge is 2.07. The summed E-state index contributed by atoms with van der Waals surface area (Å²) in [6, 6.07) is 11.1. The molecule has 0 spiro atoms. The molecule has 1 aromatic rings. The number of aryl methyl sites for hydroxylation is 1. The van der Waals surface area contributed by atoms with E-state index in [-0.39, 0.29) is 0 Å². The first-order valence-electron chi connectivity index (χ1n) is 7.11. The Labute approximate surface area is 112 Å². The van der Waals surface area contributed by atoms with Gasteiger partial charge >= 0.3 is 0 Å². The van der Waals surface area contributed by atoms with Gasteiger partial charge < -0.3 is 10.1 Å². The molecule has 0 bridgehead atoms. The predicted octanol–water partition coefficient (Wildman–Crippen LogP) is 3.41. The van der Waals surface area contributed by atoms with Gasteiger partial charge in [-0.15, -0.1) is 0 Å². The van der Waals surface area contributed by atoms with E-state index in [9.17, 15) is 0 Å². The van der Waals surface area contributed by atoms with Crippen molar-refractivity contribution in [3.8, 4) is 0 Å². The largest absolute Gasteiger partial charge is 0.378 e. The Morgan fingerprint density at radius 1 is 1.17 bits per heavy atom. The maximum absolute atomic E-state index is 5.84. The van der Waals surface area contributed by atoms with Gasteiger partial charge in [0.05, 0.1) is 6.10 Å². The van der Waals surface area contributed by atoms with Crippen LogP contribution in [-0.4, -0.2) is 25.3 Å². The molecule has 102 valence electrons.